The summed E-state index contributed by atoms with van der Waals surface area (Å²) >= 11 is 0. The Labute approximate surface area is 185 Å². The van der Waals surface area contributed by atoms with Crippen LogP contribution in [0.2, 0.25) is 0 Å². The van der Waals surface area contributed by atoms with E-state index < -0.39 is 0 Å². The van der Waals surface area contributed by atoms with E-state index in [1.807, 2.05) is 25.5 Å². The van der Waals surface area contributed by atoms with E-state index in [4.69, 9.17) is 0 Å². The smallest absolute Gasteiger partial charge is 0.192 e. The van der Waals surface area contributed by atoms with Crippen molar-refractivity contribution in [3.05, 3.63) is 82.5 Å². The molecule has 2 rings (SSSR count). The van der Waals surface area contributed by atoms with Gasteiger partial charge in [-0.2, -0.15) is 0 Å². The first-order valence-corrected chi connectivity index (χ1v) is 10.3. The maximum absolute atomic E-state index is 13.3. The van der Waals surface area contributed by atoms with Crippen molar-refractivity contribution in [3.8, 4) is 0 Å². The zero-order chi connectivity index (χ0) is 23.9. The lowest BCUT2D eigenvalue weighted by atomic mass is 9.85. The molecule has 0 spiro atoms. The molecule has 1 atom stereocenters. The predicted octanol–water partition coefficient (Wildman–Crippen LogP) is 5.75. The molecular formula is C26H35FN2O2. The number of pyridine rings is 1. The number of ketones is 1. The monoisotopic (exact) mass is 426 g/mol. The molecule has 1 aromatic heterocycles. The molecule has 168 valence electrons. The van der Waals surface area contributed by atoms with Gasteiger partial charge in [-0.1, -0.05) is 32.9 Å². The Bertz CT molecular complexity index is 996. The van der Waals surface area contributed by atoms with Gasteiger partial charge in [-0.3, -0.25) is 9.59 Å². The molecule has 0 amide bonds. The molecule has 4 nitrogen and oxygen atoms in total. The van der Waals surface area contributed by atoms with Gasteiger partial charge in [0.15, 0.2) is 11.2 Å². The summed E-state index contributed by atoms with van der Waals surface area (Å²) in [5.41, 5.74) is 3.29. The van der Waals surface area contributed by atoms with E-state index in [9.17, 15) is 14.0 Å². The molecule has 0 aliphatic heterocycles. The van der Waals surface area contributed by atoms with Crippen LogP contribution in [0, 0.1) is 11.2 Å². The van der Waals surface area contributed by atoms with Gasteiger partial charge in [0, 0.05) is 24.5 Å². The van der Waals surface area contributed by atoms with Crippen LogP contribution in [0.1, 0.15) is 69.2 Å². The van der Waals surface area contributed by atoms with Crippen LogP contribution in [0.25, 0.3) is 11.1 Å². The minimum absolute atomic E-state index is 0.0113. The number of likely N-dealkylation sites (N-methyl/N-ethyl adjacent to an activating group) is 1. The summed E-state index contributed by atoms with van der Waals surface area (Å²) in [5.74, 6) is -0.534. The highest BCUT2D eigenvalue weighted by Crippen LogP contribution is 2.34. The van der Waals surface area contributed by atoms with Crippen LogP contribution in [-0.4, -0.2) is 23.9 Å². The number of halogens is 1. The third-order valence-electron chi connectivity index (χ3n) is 5.42. The maximum atomic E-state index is 13.3. The highest BCUT2D eigenvalue weighted by atomic mass is 19.1. The molecule has 0 saturated carbocycles. The van der Waals surface area contributed by atoms with E-state index >= 15 is 0 Å². The quantitative estimate of drug-likeness (QED) is 0.473. The van der Waals surface area contributed by atoms with E-state index in [1.54, 1.807) is 24.4 Å². The first kappa shape index (κ1) is 26.2. The molecule has 0 aliphatic rings. The number of hydrogen-bond donors (Lipinski definition) is 1. The van der Waals surface area contributed by atoms with Crippen molar-refractivity contribution in [2.45, 2.75) is 47.6 Å². The fraction of sp³-hybridized carbons (Fsp3) is 0.385. The third-order valence-corrected chi connectivity index (χ3v) is 5.42. The van der Waals surface area contributed by atoms with Gasteiger partial charge >= 0.3 is 0 Å². The number of carbonyl (C=O) groups is 1. The molecule has 0 saturated heterocycles. The molecule has 1 aromatic carbocycles. The van der Waals surface area contributed by atoms with Crippen molar-refractivity contribution in [3.63, 3.8) is 0 Å². The molecule has 0 unspecified atom stereocenters. The number of hydrogen-bond acceptors (Lipinski definition) is 3. The average molecular weight is 427 g/mol. The summed E-state index contributed by atoms with van der Waals surface area (Å²) < 4.78 is 15.4. The third kappa shape index (κ3) is 6.34. The first-order chi connectivity index (χ1) is 14.5. The van der Waals surface area contributed by atoms with Crippen molar-refractivity contribution in [2.75, 3.05) is 13.6 Å². The average Bonchev–Trinajstić information content (AvgIpc) is 2.72. The minimum Gasteiger partial charge on any atom is -0.342 e. The molecule has 1 heterocycles. The van der Waals surface area contributed by atoms with Gasteiger partial charge in [-0.25, -0.2) is 4.39 Å². The Morgan fingerprint density at radius 3 is 2.10 bits per heavy atom. The van der Waals surface area contributed by atoms with Crippen LogP contribution in [0.5, 0.6) is 0 Å². The van der Waals surface area contributed by atoms with Crippen molar-refractivity contribution >= 4 is 16.9 Å². The number of rotatable bonds is 6. The maximum Gasteiger partial charge on any atom is 0.192 e. The number of benzene rings is 1. The van der Waals surface area contributed by atoms with Crippen molar-refractivity contribution < 1.29 is 9.18 Å². The minimum atomic E-state index is -0.288. The van der Waals surface area contributed by atoms with E-state index in [1.165, 1.54) is 19.1 Å². The summed E-state index contributed by atoms with van der Waals surface area (Å²) in [4.78, 5) is 24.7. The van der Waals surface area contributed by atoms with Crippen molar-refractivity contribution in [1.82, 2.24) is 9.88 Å². The van der Waals surface area contributed by atoms with Gasteiger partial charge in [0.2, 0.25) is 0 Å². The predicted molar refractivity (Wildman–Crippen MR) is 129 cm³/mol. The number of carbonyl (C=O) groups excluding carboxylic acids is 1. The number of nitrogens with zero attached hydrogens (tertiary/aromatic N) is 1. The fourth-order valence-corrected chi connectivity index (χ4v) is 3.50. The summed E-state index contributed by atoms with van der Waals surface area (Å²) in [6.45, 7) is 18.4. The fourth-order valence-electron chi connectivity index (χ4n) is 3.50. The summed E-state index contributed by atoms with van der Waals surface area (Å²) in [6, 6.07) is 7.88. The number of allylic oxidation sites excluding steroid dienone is 2. The van der Waals surface area contributed by atoms with Gasteiger partial charge in [-0.15, -0.1) is 13.2 Å². The molecule has 2 aromatic rings. The summed E-state index contributed by atoms with van der Waals surface area (Å²) in [6.07, 6.45) is 1.69. The van der Waals surface area contributed by atoms with Crippen LogP contribution < -0.4 is 10.7 Å². The highest BCUT2D eigenvalue weighted by molar-refractivity contribution is 5.94. The Kier molecular flexibility index (Phi) is 9.32. The molecule has 0 bridgehead atoms. The Hall–Kier alpha value is -2.79. The van der Waals surface area contributed by atoms with Crippen LogP contribution in [0.4, 0.5) is 4.39 Å². The van der Waals surface area contributed by atoms with Crippen LogP contribution in [-0.2, 0) is 0 Å². The first-order valence-electron chi connectivity index (χ1n) is 10.3. The largest absolute Gasteiger partial charge is 0.342 e. The Morgan fingerprint density at radius 2 is 1.65 bits per heavy atom. The lowest BCUT2D eigenvalue weighted by Gasteiger charge is -2.35. The highest BCUT2D eigenvalue weighted by Gasteiger charge is 2.28. The summed E-state index contributed by atoms with van der Waals surface area (Å²) in [5, 5.41) is 3.23. The zero-order valence-corrected chi connectivity index (χ0v) is 19.8. The van der Waals surface area contributed by atoms with Crippen LogP contribution in [0.15, 0.2) is 54.5 Å². The molecule has 0 fully saturated rings. The topological polar surface area (TPSA) is 51.1 Å². The SMILES string of the molecule is C=C.CNC[C@H](n1cc(C(C)=O)c(=O)cc1/C(C)=C(/C)c1ccc(F)cc1)C(C)(C)C. The van der Waals surface area contributed by atoms with E-state index in [0.29, 0.717) is 6.54 Å². The number of nitrogens with one attached hydrogen (secondary N) is 1. The molecule has 0 radical (unpaired) electrons. The van der Waals surface area contributed by atoms with Gasteiger partial charge in [0.05, 0.1) is 11.6 Å². The summed E-state index contributed by atoms with van der Waals surface area (Å²) in [7, 11) is 1.89. The number of aromatic nitrogens is 1. The van der Waals surface area contributed by atoms with Gasteiger partial charge in [-0.05, 0) is 62.1 Å². The van der Waals surface area contributed by atoms with Crippen molar-refractivity contribution in [2.24, 2.45) is 5.41 Å². The molecule has 31 heavy (non-hydrogen) atoms. The van der Waals surface area contributed by atoms with E-state index in [-0.39, 0.29) is 34.0 Å². The second-order valence-electron chi connectivity index (χ2n) is 8.60. The van der Waals surface area contributed by atoms with E-state index in [0.717, 1.165) is 22.4 Å². The molecule has 0 aliphatic carbocycles. The molecule has 1 N–H and O–H groups in total. The lowest BCUT2D eigenvalue weighted by Crippen LogP contribution is -2.35. The van der Waals surface area contributed by atoms with E-state index in [2.05, 4.69) is 39.2 Å². The Morgan fingerprint density at radius 1 is 1.10 bits per heavy atom. The number of Topliss-reactive ketones (excluding diaryl/α,β-unsaturated/α-hetero) is 1. The standard InChI is InChI=1S/C24H31FN2O2.C2H4/c1-15(18-8-10-19(25)11-9-18)16(2)21-12-22(29)20(17(3)28)14-27(21)23(13-26-7)24(4,5)6;1-2/h8-12,14,23,26H,13H2,1-7H3;1-2H2/b16-15-;/t23-;/m0./s1. The second-order valence-corrected chi connectivity index (χ2v) is 8.60. The van der Waals surface area contributed by atoms with Gasteiger partial charge < -0.3 is 9.88 Å². The van der Waals surface area contributed by atoms with Crippen LogP contribution >= 0.6 is 0 Å². The van der Waals surface area contributed by atoms with Crippen molar-refractivity contribution in [1.29, 1.82) is 0 Å². The zero-order valence-electron chi connectivity index (χ0n) is 19.8. The second kappa shape index (κ2) is 11.0. The van der Waals surface area contributed by atoms with Gasteiger partial charge in [0.1, 0.15) is 5.82 Å². The lowest BCUT2D eigenvalue weighted by molar-refractivity contribution is 0.101. The molecule has 5 heteroatoms. The normalized spacial score (nSPS) is 13.0. The Balaban J connectivity index is 0.00000233. The van der Waals surface area contributed by atoms with Gasteiger partial charge in [0.25, 0.3) is 0 Å². The van der Waals surface area contributed by atoms with Crippen LogP contribution in [0.3, 0.4) is 0 Å². The molecular weight excluding hydrogens is 391 g/mol.